The highest BCUT2D eigenvalue weighted by Crippen LogP contribution is 2.23. The summed E-state index contributed by atoms with van der Waals surface area (Å²) in [5, 5.41) is 9.63. The number of nitrogens with two attached hydrogens (primary N) is 1. The highest BCUT2D eigenvalue weighted by atomic mass is 16.4. The normalized spacial score (nSPS) is 17.7. The molecule has 1 saturated heterocycles. The number of carboxylic acid groups (broad SMARTS) is 1. The van der Waals surface area contributed by atoms with Crippen LogP contribution < -0.4 is 5.73 Å². The fourth-order valence-electron chi connectivity index (χ4n) is 3.02. The Bertz CT molecular complexity index is 691. The van der Waals surface area contributed by atoms with Gasteiger partial charge in [0.05, 0.1) is 6.54 Å². The van der Waals surface area contributed by atoms with Crippen LogP contribution >= 0.6 is 0 Å². The van der Waals surface area contributed by atoms with Crippen molar-refractivity contribution in [3.8, 4) is 0 Å². The molecule has 1 aliphatic rings. The third-order valence-electron chi connectivity index (χ3n) is 4.42. The molecule has 3 rings (SSSR count). The van der Waals surface area contributed by atoms with E-state index in [0.29, 0.717) is 24.5 Å². The van der Waals surface area contributed by atoms with E-state index in [9.17, 15) is 9.90 Å². The first kappa shape index (κ1) is 16.4. The molecule has 2 aromatic rings. The lowest BCUT2D eigenvalue weighted by molar-refractivity contribution is -0.144. The van der Waals surface area contributed by atoms with Gasteiger partial charge < -0.3 is 15.4 Å². The van der Waals surface area contributed by atoms with E-state index >= 15 is 0 Å². The van der Waals surface area contributed by atoms with Gasteiger partial charge in [-0.1, -0.05) is 6.07 Å². The van der Waals surface area contributed by atoms with E-state index in [4.69, 9.17) is 5.73 Å². The number of aliphatic carboxylic acids is 1. The number of nitrogen functional groups attached to an aromatic ring is 1. The summed E-state index contributed by atoms with van der Waals surface area (Å²) in [6, 6.07) is 2.69. The minimum Gasteiger partial charge on any atom is -0.480 e. The zero-order chi connectivity index (χ0) is 17.1. The van der Waals surface area contributed by atoms with Crippen LogP contribution in [0, 0.1) is 0 Å². The number of anilines is 1. The van der Waals surface area contributed by atoms with Gasteiger partial charge in [0.15, 0.2) is 0 Å². The first-order valence-corrected chi connectivity index (χ1v) is 7.91. The summed E-state index contributed by atoms with van der Waals surface area (Å²) in [5.41, 5.74) is 6.25. The van der Waals surface area contributed by atoms with Gasteiger partial charge >= 0.3 is 5.97 Å². The van der Waals surface area contributed by atoms with Crippen LogP contribution in [0.3, 0.4) is 0 Å². The molecule has 0 saturated carbocycles. The number of imidazole rings is 1. The van der Waals surface area contributed by atoms with Crippen molar-refractivity contribution >= 4 is 11.8 Å². The van der Waals surface area contributed by atoms with Gasteiger partial charge in [0.1, 0.15) is 17.7 Å². The molecule has 0 amide bonds. The lowest BCUT2D eigenvalue weighted by atomic mass is 10.1. The summed E-state index contributed by atoms with van der Waals surface area (Å²) in [4.78, 5) is 24.4. The van der Waals surface area contributed by atoms with Crippen molar-refractivity contribution in [3.63, 3.8) is 0 Å². The van der Waals surface area contributed by atoms with Crippen LogP contribution in [0.4, 0.5) is 5.82 Å². The molecule has 1 fully saturated rings. The van der Waals surface area contributed by atoms with E-state index in [-0.39, 0.29) is 0 Å². The lowest BCUT2D eigenvalue weighted by Gasteiger charge is -2.37. The quantitative estimate of drug-likeness (QED) is 0.815. The Morgan fingerprint density at radius 1 is 1.29 bits per heavy atom. The average molecular weight is 330 g/mol. The lowest BCUT2D eigenvalue weighted by Crippen LogP contribution is -2.49. The number of aryl methyl sites for hydroxylation is 1. The van der Waals surface area contributed by atoms with Gasteiger partial charge in [-0.2, -0.15) is 0 Å². The van der Waals surface area contributed by atoms with Crippen molar-refractivity contribution in [2.75, 3.05) is 31.9 Å². The van der Waals surface area contributed by atoms with Crippen LogP contribution in [0.1, 0.15) is 17.4 Å². The minimum absolute atomic E-state index is 0.391. The Balaban J connectivity index is 1.64. The molecule has 128 valence electrons. The Morgan fingerprint density at radius 2 is 2.04 bits per heavy atom. The van der Waals surface area contributed by atoms with Gasteiger partial charge in [0.2, 0.25) is 0 Å². The first-order chi connectivity index (χ1) is 11.5. The summed E-state index contributed by atoms with van der Waals surface area (Å²) in [7, 11) is 1.98. The summed E-state index contributed by atoms with van der Waals surface area (Å²) < 4.78 is 2.01. The molecule has 3 N–H and O–H groups in total. The Morgan fingerprint density at radius 3 is 2.58 bits per heavy atom. The van der Waals surface area contributed by atoms with E-state index in [0.717, 1.165) is 25.5 Å². The van der Waals surface area contributed by atoms with E-state index in [1.54, 1.807) is 24.5 Å². The van der Waals surface area contributed by atoms with E-state index in [1.165, 1.54) is 0 Å². The molecular weight excluding hydrogens is 308 g/mol. The predicted molar refractivity (Wildman–Crippen MR) is 89.1 cm³/mol. The fraction of sp³-hybridized carbons (Fsp3) is 0.438. The molecule has 1 unspecified atom stereocenters. The molecule has 0 spiro atoms. The number of hydrogen-bond donors (Lipinski definition) is 2. The highest BCUT2D eigenvalue weighted by Gasteiger charge is 2.30. The van der Waals surface area contributed by atoms with E-state index in [1.807, 2.05) is 22.7 Å². The van der Waals surface area contributed by atoms with E-state index < -0.39 is 12.0 Å². The molecule has 1 aliphatic heterocycles. The fourth-order valence-corrected chi connectivity index (χ4v) is 3.02. The standard InChI is InChI=1S/C16H22N6O2/c1-20-5-4-18-14(20)11-21-6-8-22(9-7-21)15(16(23)24)12-2-3-13(17)19-10-12/h2-5,10,15H,6-9,11H2,1H3,(H2,17,19)(H,23,24). The number of piperazine rings is 1. The SMILES string of the molecule is Cn1ccnc1CN1CCN(C(C(=O)O)c2ccc(N)nc2)CC1. The second-order valence-corrected chi connectivity index (χ2v) is 6.02. The van der Waals surface area contributed by atoms with Gasteiger partial charge in [0.25, 0.3) is 0 Å². The second kappa shape index (κ2) is 6.98. The molecule has 8 nitrogen and oxygen atoms in total. The Hall–Kier alpha value is -2.45. The molecule has 3 heterocycles. The highest BCUT2D eigenvalue weighted by molar-refractivity contribution is 5.75. The average Bonchev–Trinajstić information content (AvgIpc) is 2.96. The zero-order valence-electron chi connectivity index (χ0n) is 13.7. The third-order valence-corrected chi connectivity index (χ3v) is 4.42. The molecule has 0 aliphatic carbocycles. The molecule has 1 atom stereocenters. The first-order valence-electron chi connectivity index (χ1n) is 7.91. The van der Waals surface area contributed by atoms with Crippen molar-refractivity contribution in [2.45, 2.75) is 12.6 Å². The van der Waals surface area contributed by atoms with Gasteiger partial charge in [-0.3, -0.25) is 14.6 Å². The molecule has 2 aromatic heterocycles. The minimum atomic E-state index is -0.862. The molecule has 0 bridgehead atoms. The van der Waals surface area contributed by atoms with Crippen LogP contribution in [0.5, 0.6) is 0 Å². The number of hydrogen-bond acceptors (Lipinski definition) is 6. The zero-order valence-corrected chi connectivity index (χ0v) is 13.7. The van der Waals surface area contributed by atoms with Crippen molar-refractivity contribution in [2.24, 2.45) is 7.05 Å². The van der Waals surface area contributed by atoms with Crippen molar-refractivity contribution in [1.29, 1.82) is 0 Å². The van der Waals surface area contributed by atoms with Crippen LogP contribution in [0.2, 0.25) is 0 Å². The number of rotatable bonds is 5. The number of nitrogens with zero attached hydrogens (tertiary/aromatic N) is 5. The predicted octanol–water partition coefficient (Wildman–Crippen LogP) is 0.341. The van der Waals surface area contributed by atoms with E-state index in [2.05, 4.69) is 14.9 Å². The largest absolute Gasteiger partial charge is 0.480 e. The molecule has 0 aromatic carbocycles. The van der Waals surface area contributed by atoms with Gasteiger partial charge in [-0.05, 0) is 11.6 Å². The van der Waals surface area contributed by atoms with Gasteiger partial charge in [-0.25, -0.2) is 9.97 Å². The monoisotopic (exact) mass is 330 g/mol. The maximum atomic E-state index is 11.7. The van der Waals surface area contributed by atoms with Crippen molar-refractivity contribution < 1.29 is 9.90 Å². The summed E-state index contributed by atoms with van der Waals surface area (Å²) in [6.45, 7) is 3.76. The van der Waals surface area contributed by atoms with Gasteiger partial charge in [-0.15, -0.1) is 0 Å². The number of pyridine rings is 1. The third kappa shape index (κ3) is 3.55. The number of carboxylic acids is 1. The smallest absolute Gasteiger partial charge is 0.325 e. The van der Waals surface area contributed by atoms with Crippen LogP contribution in [0.25, 0.3) is 0 Å². The molecule has 24 heavy (non-hydrogen) atoms. The molecule has 8 heteroatoms. The summed E-state index contributed by atoms with van der Waals surface area (Å²) >= 11 is 0. The number of aromatic nitrogens is 3. The Kier molecular flexibility index (Phi) is 4.77. The maximum Gasteiger partial charge on any atom is 0.325 e. The summed E-state index contributed by atoms with van der Waals surface area (Å²) in [5.74, 6) is 0.544. The van der Waals surface area contributed by atoms with Crippen molar-refractivity contribution in [3.05, 3.63) is 42.1 Å². The van der Waals surface area contributed by atoms with Crippen LogP contribution in [-0.4, -0.2) is 61.6 Å². The second-order valence-electron chi connectivity index (χ2n) is 6.02. The molecule has 0 radical (unpaired) electrons. The van der Waals surface area contributed by atoms with Gasteiger partial charge in [0, 0.05) is 51.8 Å². The van der Waals surface area contributed by atoms with Crippen molar-refractivity contribution in [1.82, 2.24) is 24.3 Å². The van der Waals surface area contributed by atoms with Crippen LogP contribution in [-0.2, 0) is 18.4 Å². The number of carbonyl (C=O) groups is 1. The summed E-state index contributed by atoms with van der Waals surface area (Å²) in [6.07, 6.45) is 5.27. The Labute approximate surface area is 140 Å². The topological polar surface area (TPSA) is 101 Å². The molecular formula is C16H22N6O2. The maximum absolute atomic E-state index is 11.7. The van der Waals surface area contributed by atoms with Crippen LogP contribution in [0.15, 0.2) is 30.7 Å².